The number of hydrogen-bond donors (Lipinski definition) is 2. The molecule has 28 heavy (non-hydrogen) atoms. The molecule has 1 saturated carbocycles. The molecule has 0 radical (unpaired) electrons. The Balaban J connectivity index is 1.11. The molecule has 2 fully saturated rings. The minimum Gasteiger partial charge on any atom is -0.366 e. The third-order valence-electron chi connectivity index (χ3n) is 6.74. The fourth-order valence-corrected chi connectivity index (χ4v) is 5.16. The van der Waals surface area contributed by atoms with Gasteiger partial charge in [-0.15, -0.1) is 0 Å². The molecule has 1 saturated heterocycles. The number of piperazine rings is 1. The lowest BCUT2D eigenvalue weighted by atomic mass is 9.94. The minimum atomic E-state index is 0.0291. The highest BCUT2D eigenvalue weighted by Gasteiger charge is 2.30. The second kappa shape index (κ2) is 9.64. The SMILES string of the molecule is O=C(NCCCCN1CCN2c3ccccc3CCC2C1)NC1CCCCC1. The van der Waals surface area contributed by atoms with Crippen molar-refractivity contribution in [1.29, 1.82) is 0 Å². The van der Waals surface area contributed by atoms with Crippen LogP contribution >= 0.6 is 0 Å². The van der Waals surface area contributed by atoms with Gasteiger partial charge in [-0.25, -0.2) is 4.79 Å². The summed E-state index contributed by atoms with van der Waals surface area (Å²) in [7, 11) is 0. The Kier molecular flexibility index (Phi) is 6.73. The van der Waals surface area contributed by atoms with Crippen LogP contribution in [0.25, 0.3) is 0 Å². The van der Waals surface area contributed by atoms with E-state index >= 15 is 0 Å². The van der Waals surface area contributed by atoms with Crippen molar-refractivity contribution in [2.75, 3.05) is 37.6 Å². The van der Waals surface area contributed by atoms with Gasteiger partial charge in [0.15, 0.2) is 0 Å². The average Bonchev–Trinajstić information content (AvgIpc) is 2.74. The van der Waals surface area contributed by atoms with Gasteiger partial charge < -0.3 is 15.5 Å². The second-order valence-electron chi connectivity index (χ2n) is 8.76. The fraction of sp³-hybridized carbons (Fsp3) is 0.696. The van der Waals surface area contributed by atoms with Crippen molar-refractivity contribution in [3.63, 3.8) is 0 Å². The Morgan fingerprint density at radius 1 is 1.04 bits per heavy atom. The van der Waals surface area contributed by atoms with Crippen molar-refractivity contribution >= 4 is 11.7 Å². The summed E-state index contributed by atoms with van der Waals surface area (Å²) in [6.07, 6.45) is 10.8. The molecule has 2 amide bonds. The lowest BCUT2D eigenvalue weighted by Gasteiger charge is -2.46. The highest BCUT2D eigenvalue weighted by Crippen LogP contribution is 2.32. The van der Waals surface area contributed by atoms with Gasteiger partial charge >= 0.3 is 6.03 Å². The highest BCUT2D eigenvalue weighted by molar-refractivity contribution is 5.74. The van der Waals surface area contributed by atoms with E-state index < -0.39 is 0 Å². The third-order valence-corrected chi connectivity index (χ3v) is 6.74. The largest absolute Gasteiger partial charge is 0.366 e. The summed E-state index contributed by atoms with van der Waals surface area (Å²) < 4.78 is 0. The average molecular weight is 385 g/mol. The first kappa shape index (κ1) is 19.6. The summed E-state index contributed by atoms with van der Waals surface area (Å²) in [4.78, 5) is 17.2. The smallest absolute Gasteiger partial charge is 0.315 e. The Bertz CT molecular complexity index is 643. The molecule has 5 heteroatoms. The minimum absolute atomic E-state index is 0.0291. The van der Waals surface area contributed by atoms with E-state index in [9.17, 15) is 4.79 Å². The van der Waals surface area contributed by atoms with E-state index in [2.05, 4.69) is 44.7 Å². The van der Waals surface area contributed by atoms with Gasteiger partial charge in [-0.05, 0) is 56.7 Å². The van der Waals surface area contributed by atoms with Gasteiger partial charge in [-0.1, -0.05) is 37.5 Å². The maximum atomic E-state index is 12.0. The molecule has 1 atom stereocenters. The van der Waals surface area contributed by atoms with Crippen molar-refractivity contribution < 1.29 is 4.79 Å². The Hall–Kier alpha value is -1.75. The number of unbranched alkanes of at least 4 members (excludes halogenated alkanes) is 1. The van der Waals surface area contributed by atoms with Gasteiger partial charge in [-0.3, -0.25) is 4.90 Å². The lowest BCUT2D eigenvalue weighted by Crippen LogP contribution is -2.55. The van der Waals surface area contributed by atoms with Gasteiger partial charge in [0.05, 0.1) is 0 Å². The van der Waals surface area contributed by atoms with E-state index in [0.717, 1.165) is 51.9 Å². The number of aryl methyl sites for hydroxylation is 1. The fourth-order valence-electron chi connectivity index (χ4n) is 5.16. The highest BCUT2D eigenvalue weighted by atomic mass is 16.2. The predicted octanol–water partition coefficient (Wildman–Crippen LogP) is 3.54. The van der Waals surface area contributed by atoms with Crippen molar-refractivity contribution in [3.8, 4) is 0 Å². The summed E-state index contributed by atoms with van der Waals surface area (Å²) in [5.41, 5.74) is 2.98. The summed E-state index contributed by atoms with van der Waals surface area (Å²) in [6, 6.07) is 10.0. The molecule has 1 aromatic rings. The molecular weight excluding hydrogens is 348 g/mol. The standard InChI is InChI=1S/C23H36N4O/c28-23(25-20-9-2-1-3-10-20)24-14-6-7-15-26-16-17-27-21(18-26)13-12-19-8-4-5-11-22(19)27/h4-5,8,11,20-21H,1-3,6-7,9-10,12-18H2,(H2,24,25,28). The van der Waals surface area contributed by atoms with Crippen LogP contribution in [0.5, 0.6) is 0 Å². The topological polar surface area (TPSA) is 47.6 Å². The first-order chi connectivity index (χ1) is 13.8. The van der Waals surface area contributed by atoms with Crippen LogP contribution < -0.4 is 15.5 Å². The van der Waals surface area contributed by atoms with Crippen LogP contribution in [0.3, 0.4) is 0 Å². The second-order valence-corrected chi connectivity index (χ2v) is 8.76. The quantitative estimate of drug-likeness (QED) is 0.738. The third kappa shape index (κ3) is 4.99. The van der Waals surface area contributed by atoms with E-state index in [0.29, 0.717) is 12.1 Å². The summed E-state index contributed by atoms with van der Waals surface area (Å²) in [5.74, 6) is 0. The van der Waals surface area contributed by atoms with E-state index in [1.54, 1.807) is 0 Å². The van der Waals surface area contributed by atoms with Crippen LogP contribution in [0.4, 0.5) is 10.5 Å². The van der Waals surface area contributed by atoms with Gasteiger partial charge in [-0.2, -0.15) is 0 Å². The van der Waals surface area contributed by atoms with Crippen molar-refractivity contribution in [3.05, 3.63) is 29.8 Å². The van der Waals surface area contributed by atoms with Crippen molar-refractivity contribution in [1.82, 2.24) is 15.5 Å². The van der Waals surface area contributed by atoms with Crippen LogP contribution in [0.1, 0.15) is 56.9 Å². The first-order valence-corrected chi connectivity index (χ1v) is 11.4. The number of hydrogen-bond acceptors (Lipinski definition) is 3. The Morgan fingerprint density at radius 3 is 2.79 bits per heavy atom. The molecule has 1 aliphatic carbocycles. The molecule has 0 spiro atoms. The zero-order valence-electron chi connectivity index (χ0n) is 17.2. The molecule has 0 bridgehead atoms. The molecular formula is C23H36N4O. The van der Waals surface area contributed by atoms with E-state index in [-0.39, 0.29) is 6.03 Å². The molecule has 4 rings (SSSR count). The maximum Gasteiger partial charge on any atom is 0.315 e. The zero-order valence-corrected chi connectivity index (χ0v) is 17.2. The Labute approximate surface area is 169 Å². The number of carbonyl (C=O) groups excluding carboxylic acids is 1. The molecule has 1 unspecified atom stereocenters. The van der Waals surface area contributed by atoms with E-state index in [1.807, 2.05) is 0 Å². The van der Waals surface area contributed by atoms with E-state index in [1.165, 1.54) is 49.9 Å². The van der Waals surface area contributed by atoms with Crippen molar-refractivity contribution in [2.24, 2.45) is 0 Å². The normalized spacial score (nSPS) is 23.0. The molecule has 3 aliphatic rings. The number of nitrogens with zero attached hydrogens (tertiary/aromatic N) is 2. The summed E-state index contributed by atoms with van der Waals surface area (Å²) in [6.45, 7) is 5.42. The maximum absolute atomic E-state index is 12.0. The van der Waals surface area contributed by atoms with Gasteiger partial charge in [0.2, 0.25) is 0 Å². The number of amides is 2. The first-order valence-electron chi connectivity index (χ1n) is 11.4. The lowest BCUT2D eigenvalue weighted by molar-refractivity contribution is 0.210. The monoisotopic (exact) mass is 384 g/mol. The van der Waals surface area contributed by atoms with Gasteiger partial charge in [0.25, 0.3) is 0 Å². The molecule has 1 aromatic carbocycles. The van der Waals surface area contributed by atoms with Crippen LogP contribution in [0.15, 0.2) is 24.3 Å². The predicted molar refractivity (Wildman–Crippen MR) is 115 cm³/mol. The molecule has 2 heterocycles. The van der Waals surface area contributed by atoms with Crippen molar-refractivity contribution in [2.45, 2.75) is 69.9 Å². The number of benzene rings is 1. The van der Waals surface area contributed by atoms with Gasteiger partial charge in [0.1, 0.15) is 0 Å². The summed E-state index contributed by atoms with van der Waals surface area (Å²) in [5, 5.41) is 6.18. The van der Waals surface area contributed by atoms with Crippen LogP contribution in [-0.4, -0.2) is 55.7 Å². The van der Waals surface area contributed by atoms with Crippen LogP contribution in [0, 0.1) is 0 Å². The molecule has 5 nitrogen and oxygen atoms in total. The number of rotatable bonds is 6. The zero-order chi connectivity index (χ0) is 19.2. The number of nitrogens with one attached hydrogen (secondary N) is 2. The van der Waals surface area contributed by atoms with Gasteiger partial charge in [0, 0.05) is 44.0 Å². The molecule has 154 valence electrons. The number of anilines is 1. The Morgan fingerprint density at radius 2 is 1.89 bits per heavy atom. The number of para-hydroxylation sites is 1. The molecule has 2 aliphatic heterocycles. The number of carbonyl (C=O) groups is 1. The number of urea groups is 1. The van der Waals surface area contributed by atoms with E-state index in [4.69, 9.17) is 0 Å². The summed E-state index contributed by atoms with van der Waals surface area (Å²) >= 11 is 0. The van der Waals surface area contributed by atoms with Crippen LogP contribution in [-0.2, 0) is 6.42 Å². The number of fused-ring (bicyclic) bond motifs is 3. The molecule has 2 N–H and O–H groups in total. The van der Waals surface area contributed by atoms with Crippen LogP contribution in [0.2, 0.25) is 0 Å². The molecule has 0 aromatic heterocycles.